The molecule has 7 heteroatoms. The van der Waals surface area contributed by atoms with Crippen molar-refractivity contribution < 1.29 is 9.53 Å². The van der Waals surface area contributed by atoms with E-state index in [4.69, 9.17) is 4.74 Å². The Morgan fingerprint density at radius 1 is 1.19 bits per heavy atom. The summed E-state index contributed by atoms with van der Waals surface area (Å²) in [6, 6.07) is 13.7. The predicted octanol–water partition coefficient (Wildman–Crippen LogP) is 3.37. The van der Waals surface area contributed by atoms with Crippen molar-refractivity contribution in [1.29, 1.82) is 0 Å². The summed E-state index contributed by atoms with van der Waals surface area (Å²) in [4.78, 5) is 12.6. The van der Waals surface area contributed by atoms with Gasteiger partial charge in [0, 0.05) is 37.6 Å². The zero-order valence-corrected chi connectivity index (χ0v) is 17.8. The molecule has 0 aromatic heterocycles. The van der Waals surface area contributed by atoms with E-state index in [0.717, 1.165) is 47.8 Å². The topological polar surface area (TPSA) is 68.9 Å². The maximum Gasteiger partial charge on any atom is 0.248 e. The van der Waals surface area contributed by atoms with Crippen molar-refractivity contribution in [2.24, 2.45) is 0 Å². The molecule has 2 aromatic rings. The van der Waals surface area contributed by atoms with Crippen LogP contribution in [0, 0.1) is 0 Å². The van der Waals surface area contributed by atoms with Gasteiger partial charge in [-0.2, -0.15) is 0 Å². The normalized spacial score (nSPS) is 16.0. The fourth-order valence-corrected chi connectivity index (χ4v) is 3.62. The number of rotatable bonds is 6. The summed E-state index contributed by atoms with van der Waals surface area (Å²) in [6.45, 7) is 1.85. The minimum absolute atomic E-state index is 0.201. The number of methoxy groups -OCH3 is 1. The van der Waals surface area contributed by atoms with E-state index in [1.807, 2.05) is 65.9 Å². The van der Waals surface area contributed by atoms with Gasteiger partial charge in [0.1, 0.15) is 5.75 Å². The SMILES string of the molecule is COc1cc(/C=C/C(=O)Nc2ccccc2N2C=CN(C)N2)ccc1C1=CCNCC1. The van der Waals surface area contributed by atoms with Crippen LogP contribution in [0.4, 0.5) is 11.4 Å². The molecule has 0 saturated heterocycles. The van der Waals surface area contributed by atoms with Gasteiger partial charge in [-0.1, -0.05) is 30.3 Å². The summed E-state index contributed by atoms with van der Waals surface area (Å²) >= 11 is 0. The van der Waals surface area contributed by atoms with Crippen LogP contribution in [0.1, 0.15) is 17.5 Å². The number of hydrazine groups is 2. The van der Waals surface area contributed by atoms with Gasteiger partial charge in [0.05, 0.1) is 18.5 Å². The average molecular weight is 418 g/mol. The van der Waals surface area contributed by atoms with Crippen LogP contribution in [-0.2, 0) is 4.79 Å². The first kappa shape index (κ1) is 20.7. The zero-order valence-electron chi connectivity index (χ0n) is 17.8. The Morgan fingerprint density at radius 3 is 2.81 bits per heavy atom. The van der Waals surface area contributed by atoms with Crippen LogP contribution in [0.15, 0.2) is 67.0 Å². The molecular formula is C24H27N5O2. The highest BCUT2D eigenvalue weighted by molar-refractivity contribution is 6.03. The van der Waals surface area contributed by atoms with E-state index in [1.54, 1.807) is 13.2 Å². The van der Waals surface area contributed by atoms with E-state index in [1.165, 1.54) is 11.6 Å². The van der Waals surface area contributed by atoms with Crippen molar-refractivity contribution in [3.63, 3.8) is 0 Å². The summed E-state index contributed by atoms with van der Waals surface area (Å²) in [7, 11) is 3.58. The predicted molar refractivity (Wildman–Crippen MR) is 125 cm³/mol. The van der Waals surface area contributed by atoms with Gasteiger partial charge in [0.15, 0.2) is 0 Å². The number of carbonyl (C=O) groups is 1. The monoisotopic (exact) mass is 417 g/mol. The number of carbonyl (C=O) groups excluding carboxylic acids is 1. The third-order valence-corrected chi connectivity index (χ3v) is 5.19. The molecule has 2 aliphatic rings. The zero-order chi connectivity index (χ0) is 21.6. The standard InChI is InChI=1S/C24H27N5O2/c1-28-15-16-29(27-28)22-6-4-3-5-21(22)26-24(30)10-8-18-7-9-20(23(17-18)31-2)19-11-13-25-14-12-19/h3-11,15-17,25,27H,12-14H2,1-2H3,(H,26,30)/b10-8+. The van der Waals surface area contributed by atoms with Crippen LogP contribution in [0.25, 0.3) is 11.6 Å². The van der Waals surface area contributed by atoms with E-state index in [0.29, 0.717) is 0 Å². The molecule has 0 spiro atoms. The second kappa shape index (κ2) is 9.51. The first-order chi connectivity index (χ1) is 15.1. The first-order valence-corrected chi connectivity index (χ1v) is 10.3. The maximum atomic E-state index is 12.6. The van der Waals surface area contributed by atoms with Crippen molar-refractivity contribution in [1.82, 2.24) is 15.9 Å². The number of hydrogen-bond acceptors (Lipinski definition) is 6. The van der Waals surface area contributed by atoms with E-state index < -0.39 is 0 Å². The smallest absolute Gasteiger partial charge is 0.248 e. The lowest BCUT2D eigenvalue weighted by Crippen LogP contribution is -2.37. The molecule has 0 atom stereocenters. The number of benzene rings is 2. The van der Waals surface area contributed by atoms with E-state index in [2.05, 4.69) is 28.3 Å². The highest BCUT2D eigenvalue weighted by Gasteiger charge is 2.15. The number of nitrogens with one attached hydrogen (secondary N) is 3. The molecule has 2 aromatic carbocycles. The van der Waals surface area contributed by atoms with Gasteiger partial charge < -0.3 is 15.4 Å². The van der Waals surface area contributed by atoms with Crippen molar-refractivity contribution in [2.75, 3.05) is 37.6 Å². The molecule has 3 N–H and O–H groups in total. The van der Waals surface area contributed by atoms with Crippen LogP contribution in [0.5, 0.6) is 5.75 Å². The summed E-state index contributed by atoms with van der Waals surface area (Å²) in [5, 5.41) is 9.96. The number of nitrogens with zero attached hydrogens (tertiary/aromatic N) is 2. The van der Waals surface area contributed by atoms with E-state index in [9.17, 15) is 4.79 Å². The number of ether oxygens (including phenoxy) is 1. The Hall–Kier alpha value is -3.55. The molecule has 0 fully saturated rings. The molecule has 0 bridgehead atoms. The molecule has 0 aliphatic carbocycles. The van der Waals surface area contributed by atoms with Crippen LogP contribution in [0.3, 0.4) is 0 Å². The van der Waals surface area contributed by atoms with Crippen molar-refractivity contribution in [2.45, 2.75) is 6.42 Å². The molecule has 2 aliphatic heterocycles. The molecule has 0 saturated carbocycles. The largest absolute Gasteiger partial charge is 0.496 e. The number of amides is 1. The Bertz CT molecular complexity index is 1040. The van der Waals surface area contributed by atoms with Crippen LogP contribution in [0.2, 0.25) is 0 Å². The van der Waals surface area contributed by atoms with Gasteiger partial charge in [-0.05, 0) is 48.4 Å². The first-order valence-electron chi connectivity index (χ1n) is 10.3. The van der Waals surface area contributed by atoms with Gasteiger partial charge in [-0.25, -0.2) is 0 Å². The molecule has 0 unspecified atom stereocenters. The second-order valence-electron chi connectivity index (χ2n) is 7.36. The average Bonchev–Trinajstić information content (AvgIpc) is 3.24. The van der Waals surface area contributed by atoms with Crippen LogP contribution in [-0.4, -0.2) is 38.2 Å². The Morgan fingerprint density at radius 2 is 2.06 bits per heavy atom. The minimum Gasteiger partial charge on any atom is -0.496 e. The van der Waals surface area contributed by atoms with Crippen LogP contribution >= 0.6 is 0 Å². The molecule has 4 rings (SSSR count). The van der Waals surface area contributed by atoms with Gasteiger partial charge >= 0.3 is 0 Å². The lowest BCUT2D eigenvalue weighted by molar-refractivity contribution is -0.111. The Kier molecular flexibility index (Phi) is 6.35. The highest BCUT2D eigenvalue weighted by atomic mass is 16.5. The van der Waals surface area contributed by atoms with Gasteiger partial charge in [-0.3, -0.25) is 14.8 Å². The fourth-order valence-electron chi connectivity index (χ4n) is 3.62. The second-order valence-corrected chi connectivity index (χ2v) is 7.36. The third-order valence-electron chi connectivity index (χ3n) is 5.19. The summed E-state index contributed by atoms with van der Waals surface area (Å²) in [5.41, 5.74) is 8.02. The quantitative estimate of drug-likeness (QED) is 0.627. The lowest BCUT2D eigenvalue weighted by atomic mass is 9.98. The molecule has 1 amide bonds. The summed E-state index contributed by atoms with van der Waals surface area (Å²) < 4.78 is 5.60. The van der Waals surface area contributed by atoms with Crippen molar-refractivity contribution in [3.8, 4) is 5.75 Å². The summed E-state index contributed by atoms with van der Waals surface area (Å²) in [6.07, 6.45) is 10.3. The minimum atomic E-state index is -0.201. The van der Waals surface area contributed by atoms with Gasteiger partial charge in [0.2, 0.25) is 5.91 Å². The Labute approximate surface area is 182 Å². The molecule has 0 radical (unpaired) electrons. The molecule has 2 heterocycles. The van der Waals surface area contributed by atoms with Gasteiger partial charge in [0.25, 0.3) is 0 Å². The molecule has 31 heavy (non-hydrogen) atoms. The van der Waals surface area contributed by atoms with Gasteiger partial charge in [-0.15, -0.1) is 5.53 Å². The lowest BCUT2D eigenvalue weighted by Gasteiger charge is -2.22. The molecule has 160 valence electrons. The van der Waals surface area contributed by atoms with Crippen LogP contribution < -0.4 is 25.9 Å². The van der Waals surface area contributed by atoms with Crippen molar-refractivity contribution >= 4 is 28.9 Å². The Balaban J connectivity index is 1.46. The van der Waals surface area contributed by atoms with Crippen molar-refractivity contribution in [3.05, 3.63) is 78.1 Å². The van der Waals surface area contributed by atoms with E-state index >= 15 is 0 Å². The maximum absolute atomic E-state index is 12.6. The highest BCUT2D eigenvalue weighted by Crippen LogP contribution is 2.30. The number of anilines is 2. The third kappa shape index (κ3) is 4.96. The fraction of sp³-hybridized carbons (Fsp3) is 0.208. The molecular weight excluding hydrogens is 390 g/mol. The number of hydrogen-bond donors (Lipinski definition) is 3. The van der Waals surface area contributed by atoms with E-state index in [-0.39, 0.29) is 5.91 Å². The summed E-state index contributed by atoms with van der Waals surface area (Å²) in [5.74, 6) is 0.616. The molecule has 7 nitrogen and oxygen atoms in total. The number of para-hydroxylation sites is 2.